The van der Waals surface area contributed by atoms with Gasteiger partial charge in [0.1, 0.15) is 17.4 Å². The van der Waals surface area contributed by atoms with Gasteiger partial charge >= 0.3 is 6.09 Å². The summed E-state index contributed by atoms with van der Waals surface area (Å²) in [6.45, 7) is 7.07. The van der Waals surface area contributed by atoms with Crippen molar-refractivity contribution in [3.63, 3.8) is 0 Å². The maximum atomic E-state index is 12.5. The fourth-order valence-electron chi connectivity index (χ4n) is 3.11. The number of rotatable bonds is 7. The van der Waals surface area contributed by atoms with Crippen LogP contribution in [0.25, 0.3) is 0 Å². The first kappa shape index (κ1) is 23.1. The van der Waals surface area contributed by atoms with Crippen molar-refractivity contribution in [1.29, 1.82) is 5.26 Å². The zero-order valence-electron chi connectivity index (χ0n) is 18.8. The summed E-state index contributed by atoms with van der Waals surface area (Å²) in [7, 11) is 0. The summed E-state index contributed by atoms with van der Waals surface area (Å²) in [5, 5.41) is 14.6. The summed E-state index contributed by atoms with van der Waals surface area (Å²) < 4.78 is 11.0. The first-order chi connectivity index (χ1) is 15.2. The highest BCUT2D eigenvalue weighted by Crippen LogP contribution is 2.43. The summed E-state index contributed by atoms with van der Waals surface area (Å²) in [5.74, 6) is 1.05. The lowest BCUT2D eigenvalue weighted by molar-refractivity contribution is -0.118. The first-order valence-corrected chi connectivity index (χ1v) is 10.7. The standard InChI is InChI=1S/C24H28N4O4/c1-5-20(28-23(30)32-24(2,3)4)22(29)27-17-9-11-21(26-14-17)31-18-10-8-16(13-25)19(12-18)15-6-7-15/h8-12,14-15,20H,5-7H2,1-4H3,(H,27,29)(H,28,30). The minimum absolute atomic E-state index is 0.366. The van der Waals surface area contributed by atoms with E-state index in [2.05, 4.69) is 21.7 Å². The molecule has 1 saturated carbocycles. The van der Waals surface area contributed by atoms with Crippen LogP contribution in [0.3, 0.4) is 0 Å². The van der Waals surface area contributed by atoms with Gasteiger partial charge in [0, 0.05) is 6.07 Å². The van der Waals surface area contributed by atoms with Crippen LogP contribution in [-0.4, -0.2) is 28.6 Å². The van der Waals surface area contributed by atoms with E-state index >= 15 is 0 Å². The summed E-state index contributed by atoms with van der Waals surface area (Å²) in [4.78, 5) is 28.7. The van der Waals surface area contributed by atoms with Crippen LogP contribution >= 0.6 is 0 Å². The second-order valence-electron chi connectivity index (χ2n) is 8.72. The summed E-state index contributed by atoms with van der Waals surface area (Å²) in [6, 6.07) is 10.2. The molecule has 1 unspecified atom stereocenters. The van der Waals surface area contributed by atoms with Crippen LogP contribution in [-0.2, 0) is 9.53 Å². The minimum atomic E-state index is -0.736. The molecule has 1 heterocycles. The van der Waals surface area contributed by atoms with Gasteiger partial charge in [0.05, 0.1) is 23.5 Å². The van der Waals surface area contributed by atoms with Gasteiger partial charge in [-0.3, -0.25) is 4.79 Å². The number of benzene rings is 1. The van der Waals surface area contributed by atoms with Crippen molar-refractivity contribution >= 4 is 17.7 Å². The average Bonchev–Trinajstić information content (AvgIpc) is 3.57. The number of aromatic nitrogens is 1. The molecule has 8 heteroatoms. The van der Waals surface area contributed by atoms with Crippen LogP contribution in [0.1, 0.15) is 64.0 Å². The van der Waals surface area contributed by atoms with E-state index < -0.39 is 17.7 Å². The fourth-order valence-corrected chi connectivity index (χ4v) is 3.11. The Kier molecular flexibility index (Phi) is 6.98. The highest BCUT2D eigenvalue weighted by molar-refractivity contribution is 5.96. The van der Waals surface area contributed by atoms with Crippen molar-refractivity contribution < 1.29 is 19.1 Å². The van der Waals surface area contributed by atoms with Gasteiger partial charge in [-0.25, -0.2) is 9.78 Å². The molecule has 3 rings (SSSR count). The van der Waals surface area contributed by atoms with E-state index in [0.717, 1.165) is 18.4 Å². The normalized spacial score (nSPS) is 14.1. The van der Waals surface area contributed by atoms with E-state index in [1.54, 1.807) is 52.0 Å². The Morgan fingerprint density at radius 3 is 2.56 bits per heavy atom. The fraction of sp³-hybridized carbons (Fsp3) is 0.417. The second kappa shape index (κ2) is 9.69. The Labute approximate surface area is 187 Å². The van der Waals surface area contributed by atoms with E-state index in [4.69, 9.17) is 9.47 Å². The predicted molar refractivity (Wildman–Crippen MR) is 120 cm³/mol. The lowest BCUT2D eigenvalue weighted by atomic mass is 10.0. The van der Waals surface area contributed by atoms with Gasteiger partial charge in [-0.05, 0) is 75.8 Å². The van der Waals surface area contributed by atoms with Crippen LogP contribution in [0.5, 0.6) is 11.6 Å². The second-order valence-corrected chi connectivity index (χ2v) is 8.72. The molecule has 1 aliphatic carbocycles. The van der Waals surface area contributed by atoms with Crippen molar-refractivity contribution in [3.05, 3.63) is 47.7 Å². The van der Waals surface area contributed by atoms with Crippen molar-refractivity contribution in [2.45, 2.75) is 64.5 Å². The van der Waals surface area contributed by atoms with E-state index in [-0.39, 0.29) is 5.91 Å². The van der Waals surface area contributed by atoms with Crippen LogP contribution in [0, 0.1) is 11.3 Å². The van der Waals surface area contributed by atoms with Crippen LogP contribution in [0.2, 0.25) is 0 Å². The third-order valence-electron chi connectivity index (χ3n) is 4.80. The number of carbonyl (C=O) groups excluding carboxylic acids is 2. The summed E-state index contributed by atoms with van der Waals surface area (Å²) >= 11 is 0. The first-order valence-electron chi connectivity index (χ1n) is 10.7. The Bertz CT molecular complexity index is 1020. The SMILES string of the molecule is CCC(NC(=O)OC(C)(C)C)C(=O)Nc1ccc(Oc2ccc(C#N)c(C3CC3)c2)nc1. The molecule has 2 amide bonds. The molecule has 1 atom stereocenters. The molecule has 1 aliphatic rings. The smallest absolute Gasteiger partial charge is 0.408 e. The van der Waals surface area contributed by atoms with E-state index in [1.807, 2.05) is 6.07 Å². The highest BCUT2D eigenvalue weighted by atomic mass is 16.6. The molecule has 2 aromatic rings. The molecule has 1 aromatic carbocycles. The number of nitrogens with one attached hydrogen (secondary N) is 2. The zero-order chi connectivity index (χ0) is 23.3. The molecule has 0 aliphatic heterocycles. The number of hydrogen-bond acceptors (Lipinski definition) is 6. The minimum Gasteiger partial charge on any atom is -0.444 e. The molecule has 32 heavy (non-hydrogen) atoms. The van der Waals surface area contributed by atoms with Gasteiger partial charge in [-0.1, -0.05) is 6.92 Å². The van der Waals surface area contributed by atoms with Gasteiger partial charge in [0.15, 0.2) is 0 Å². The van der Waals surface area contributed by atoms with Gasteiger partial charge < -0.3 is 20.1 Å². The van der Waals surface area contributed by atoms with Gasteiger partial charge in [-0.15, -0.1) is 0 Å². The summed E-state index contributed by atoms with van der Waals surface area (Å²) in [5.41, 5.74) is 1.52. The number of alkyl carbamates (subject to hydrolysis) is 1. The Hall–Kier alpha value is -3.60. The number of anilines is 1. The number of nitriles is 1. The van der Waals surface area contributed by atoms with Crippen LogP contribution < -0.4 is 15.4 Å². The predicted octanol–water partition coefficient (Wildman–Crippen LogP) is 4.86. The number of ether oxygens (including phenoxy) is 2. The number of hydrogen-bond donors (Lipinski definition) is 2. The van der Waals surface area contributed by atoms with Crippen molar-refractivity contribution in [1.82, 2.24) is 10.3 Å². The average molecular weight is 437 g/mol. The largest absolute Gasteiger partial charge is 0.444 e. The molecule has 0 radical (unpaired) electrons. The van der Waals surface area contributed by atoms with Crippen LogP contribution in [0.15, 0.2) is 36.5 Å². The zero-order valence-corrected chi connectivity index (χ0v) is 18.8. The lowest BCUT2D eigenvalue weighted by Gasteiger charge is -2.22. The molecular formula is C24H28N4O4. The van der Waals surface area contributed by atoms with Crippen molar-refractivity contribution in [3.8, 4) is 17.7 Å². The number of nitrogens with zero attached hydrogens (tertiary/aromatic N) is 2. The molecule has 0 spiro atoms. The number of amides is 2. The Morgan fingerprint density at radius 2 is 2.00 bits per heavy atom. The summed E-state index contributed by atoms with van der Waals surface area (Å²) in [6.07, 6.45) is 3.42. The van der Waals surface area contributed by atoms with Crippen LogP contribution in [0.4, 0.5) is 10.5 Å². The monoisotopic (exact) mass is 436 g/mol. The topological polar surface area (TPSA) is 113 Å². The molecule has 1 fully saturated rings. The van der Waals surface area contributed by atoms with E-state index in [0.29, 0.717) is 35.2 Å². The number of carbonyl (C=O) groups is 2. The lowest BCUT2D eigenvalue weighted by Crippen LogP contribution is -2.45. The Balaban J connectivity index is 1.59. The molecule has 2 N–H and O–H groups in total. The highest BCUT2D eigenvalue weighted by Gasteiger charge is 2.27. The maximum Gasteiger partial charge on any atom is 0.408 e. The third-order valence-corrected chi connectivity index (χ3v) is 4.80. The molecule has 0 saturated heterocycles. The van der Waals surface area contributed by atoms with Crippen molar-refractivity contribution in [2.24, 2.45) is 0 Å². The van der Waals surface area contributed by atoms with Gasteiger partial charge in [0.2, 0.25) is 11.8 Å². The molecular weight excluding hydrogens is 408 g/mol. The Morgan fingerprint density at radius 1 is 1.25 bits per heavy atom. The van der Waals surface area contributed by atoms with Gasteiger partial charge in [-0.2, -0.15) is 5.26 Å². The molecule has 1 aromatic heterocycles. The van der Waals surface area contributed by atoms with E-state index in [1.165, 1.54) is 6.20 Å². The quantitative estimate of drug-likeness (QED) is 0.640. The number of pyridine rings is 1. The van der Waals surface area contributed by atoms with E-state index in [9.17, 15) is 14.9 Å². The van der Waals surface area contributed by atoms with Crippen molar-refractivity contribution in [2.75, 3.05) is 5.32 Å². The molecule has 168 valence electrons. The third kappa shape index (κ3) is 6.45. The molecule has 0 bridgehead atoms. The van der Waals surface area contributed by atoms with Gasteiger partial charge in [0.25, 0.3) is 0 Å². The molecule has 8 nitrogen and oxygen atoms in total. The maximum absolute atomic E-state index is 12.5.